The third kappa shape index (κ3) is 5.50. The minimum Gasteiger partial charge on any atom is -0.465 e. The predicted molar refractivity (Wildman–Crippen MR) is 105 cm³/mol. The van der Waals surface area contributed by atoms with Crippen molar-refractivity contribution >= 4 is 40.6 Å². The van der Waals surface area contributed by atoms with Crippen molar-refractivity contribution in [1.29, 1.82) is 0 Å². The number of carbonyl (C=O) groups is 2. The zero-order valence-corrected chi connectivity index (χ0v) is 17.4. The molecule has 2 atom stereocenters. The van der Waals surface area contributed by atoms with Crippen LogP contribution in [-0.4, -0.2) is 60.1 Å². The van der Waals surface area contributed by atoms with Crippen molar-refractivity contribution in [1.82, 2.24) is 9.88 Å². The highest BCUT2D eigenvalue weighted by molar-refractivity contribution is 14.1. The van der Waals surface area contributed by atoms with Gasteiger partial charge in [0.2, 0.25) is 11.9 Å². The minimum atomic E-state index is -1.39. The maximum absolute atomic E-state index is 14.0. The number of aromatic nitrogens is 1. The van der Waals surface area contributed by atoms with Crippen molar-refractivity contribution < 1.29 is 23.1 Å². The Hall–Kier alpha value is -1.49. The first-order valence-corrected chi connectivity index (χ1v) is 9.93. The number of ether oxygens (including phenoxy) is 1. The second-order valence-electron chi connectivity index (χ2n) is 6.13. The zero-order chi connectivity index (χ0) is 20.0. The van der Waals surface area contributed by atoms with E-state index in [1.54, 1.807) is 29.5 Å². The van der Waals surface area contributed by atoms with Crippen molar-refractivity contribution in [3.05, 3.63) is 27.1 Å². The van der Waals surface area contributed by atoms with E-state index in [-0.39, 0.29) is 16.2 Å². The number of pyridine rings is 1. The van der Waals surface area contributed by atoms with E-state index in [0.717, 1.165) is 32.0 Å². The Morgan fingerprint density at radius 3 is 2.85 bits per heavy atom. The van der Waals surface area contributed by atoms with Crippen LogP contribution in [0.2, 0.25) is 0 Å². The molecule has 1 aliphatic rings. The van der Waals surface area contributed by atoms with Crippen LogP contribution in [0, 0.1) is 21.4 Å². The number of likely N-dealkylation sites (tertiary alicyclic amines) is 1. The highest BCUT2D eigenvalue weighted by atomic mass is 127. The molecule has 0 amide bonds. The largest absolute Gasteiger partial charge is 0.465 e. The van der Waals surface area contributed by atoms with E-state index in [2.05, 4.69) is 21.8 Å². The molecule has 2 unspecified atom stereocenters. The number of aliphatic imine (C=N–C) groups is 1. The molecule has 27 heavy (non-hydrogen) atoms. The van der Waals surface area contributed by atoms with Crippen molar-refractivity contribution in [2.24, 2.45) is 10.9 Å². The number of ketones is 1. The van der Waals surface area contributed by atoms with Crippen LogP contribution in [0.5, 0.6) is 0 Å². The summed E-state index contributed by atoms with van der Waals surface area (Å²) in [7, 11) is 0. The summed E-state index contributed by atoms with van der Waals surface area (Å²) in [6.45, 7) is 6.10. The minimum absolute atomic E-state index is 0.0126. The van der Waals surface area contributed by atoms with Gasteiger partial charge in [-0.15, -0.1) is 0 Å². The van der Waals surface area contributed by atoms with Gasteiger partial charge in [-0.3, -0.25) is 19.5 Å². The second kappa shape index (κ2) is 10.2. The number of carbonyl (C=O) groups excluding carboxylic acids is 2. The Labute approximate surface area is 170 Å². The molecule has 6 nitrogen and oxygen atoms in total. The van der Waals surface area contributed by atoms with Gasteiger partial charge in [-0.25, -0.2) is 0 Å². The van der Waals surface area contributed by atoms with E-state index >= 15 is 0 Å². The lowest BCUT2D eigenvalue weighted by molar-refractivity contribution is -0.143. The van der Waals surface area contributed by atoms with Gasteiger partial charge in [-0.05, 0) is 61.5 Å². The van der Waals surface area contributed by atoms with Crippen LogP contribution in [0.15, 0.2) is 11.1 Å². The Kier molecular flexibility index (Phi) is 8.21. The molecule has 0 bridgehead atoms. The Morgan fingerprint density at radius 2 is 2.19 bits per heavy atom. The SMILES string of the molecule is CCOC(=O)C(C=NCC1CCCN1CC)C(=O)c1cc(I)c(F)nc1F. The second-order valence-corrected chi connectivity index (χ2v) is 7.29. The van der Waals surface area contributed by atoms with E-state index in [4.69, 9.17) is 4.74 Å². The predicted octanol–water partition coefficient (Wildman–Crippen LogP) is 2.88. The maximum atomic E-state index is 14.0. The molecule has 1 aliphatic heterocycles. The molecule has 9 heteroatoms. The van der Waals surface area contributed by atoms with Crippen LogP contribution in [0.4, 0.5) is 8.78 Å². The summed E-state index contributed by atoms with van der Waals surface area (Å²) in [5.41, 5.74) is -0.457. The molecule has 0 radical (unpaired) electrons. The number of Topliss-reactive ketones (excluding diaryl/α,β-unsaturated/α-hetero) is 1. The summed E-state index contributed by atoms with van der Waals surface area (Å²) in [5.74, 6) is -5.32. The normalized spacial score (nSPS) is 18.8. The highest BCUT2D eigenvalue weighted by Gasteiger charge is 2.31. The number of halogens is 3. The van der Waals surface area contributed by atoms with Crippen molar-refractivity contribution in [2.45, 2.75) is 32.7 Å². The van der Waals surface area contributed by atoms with Crippen molar-refractivity contribution in [3.8, 4) is 0 Å². The topological polar surface area (TPSA) is 71.9 Å². The molecule has 2 heterocycles. The summed E-state index contributed by atoms with van der Waals surface area (Å²) in [6.07, 6.45) is 3.29. The standard InChI is InChI=1S/C18H22F2IN3O3/c1-3-24-7-5-6-11(24)9-22-10-13(18(26)27-4-2)15(25)12-8-14(21)17(20)23-16(12)19/h8,10-11,13H,3-7,9H2,1-2H3. The molecule has 0 aliphatic carbocycles. The lowest BCUT2D eigenvalue weighted by Gasteiger charge is -2.20. The first kappa shape index (κ1) is 21.8. The van der Waals surface area contributed by atoms with Crippen LogP contribution in [0.25, 0.3) is 0 Å². The van der Waals surface area contributed by atoms with E-state index in [0.29, 0.717) is 6.54 Å². The van der Waals surface area contributed by atoms with Gasteiger partial charge in [0.05, 0.1) is 22.3 Å². The molecule has 1 fully saturated rings. The Morgan fingerprint density at radius 1 is 1.44 bits per heavy atom. The van der Waals surface area contributed by atoms with Gasteiger partial charge < -0.3 is 4.74 Å². The summed E-state index contributed by atoms with van der Waals surface area (Å²) >= 11 is 1.61. The lowest BCUT2D eigenvalue weighted by atomic mass is 9.99. The molecule has 2 rings (SSSR count). The Bertz CT molecular complexity index is 730. The molecule has 0 spiro atoms. The maximum Gasteiger partial charge on any atom is 0.322 e. The molecule has 1 aromatic heterocycles. The van der Waals surface area contributed by atoms with Gasteiger partial charge in [-0.1, -0.05) is 6.92 Å². The van der Waals surface area contributed by atoms with E-state index in [1.165, 1.54) is 6.21 Å². The number of hydrogen-bond acceptors (Lipinski definition) is 6. The Balaban J connectivity index is 2.21. The van der Waals surface area contributed by atoms with Crippen LogP contribution < -0.4 is 0 Å². The quantitative estimate of drug-likeness (QED) is 0.139. The van der Waals surface area contributed by atoms with E-state index < -0.39 is 35.1 Å². The molecular formula is C18H22F2IN3O3. The summed E-state index contributed by atoms with van der Waals surface area (Å²) < 4.78 is 32.2. The first-order chi connectivity index (χ1) is 12.9. The third-order valence-electron chi connectivity index (χ3n) is 4.45. The highest BCUT2D eigenvalue weighted by Crippen LogP contribution is 2.19. The molecule has 0 saturated carbocycles. The van der Waals surface area contributed by atoms with E-state index in [9.17, 15) is 18.4 Å². The van der Waals surface area contributed by atoms with Crippen LogP contribution >= 0.6 is 22.6 Å². The zero-order valence-electron chi connectivity index (χ0n) is 15.3. The van der Waals surface area contributed by atoms with Gasteiger partial charge in [0.15, 0.2) is 11.7 Å². The van der Waals surface area contributed by atoms with Crippen molar-refractivity contribution in [3.63, 3.8) is 0 Å². The number of nitrogens with zero attached hydrogens (tertiary/aromatic N) is 3. The average molecular weight is 493 g/mol. The number of esters is 1. The van der Waals surface area contributed by atoms with Gasteiger partial charge in [0.25, 0.3) is 0 Å². The molecule has 148 valence electrons. The smallest absolute Gasteiger partial charge is 0.322 e. The van der Waals surface area contributed by atoms with E-state index in [1.807, 2.05) is 0 Å². The summed E-state index contributed by atoms with van der Waals surface area (Å²) in [4.78, 5) is 34.5. The number of rotatable bonds is 8. The fourth-order valence-electron chi connectivity index (χ4n) is 3.06. The van der Waals surface area contributed by atoms with Gasteiger partial charge in [-0.2, -0.15) is 13.8 Å². The van der Waals surface area contributed by atoms with Crippen LogP contribution in [0.1, 0.15) is 37.0 Å². The molecule has 0 aromatic carbocycles. The fourth-order valence-corrected chi connectivity index (χ4v) is 3.49. The number of likely N-dealkylation sites (N-methyl/N-ethyl adjacent to an activating group) is 1. The van der Waals surface area contributed by atoms with Gasteiger partial charge in [0.1, 0.15) is 0 Å². The molecule has 0 N–H and O–H groups in total. The lowest BCUT2D eigenvalue weighted by Crippen LogP contribution is -2.32. The van der Waals surface area contributed by atoms with Crippen molar-refractivity contribution in [2.75, 3.05) is 26.2 Å². The molecule has 1 aromatic rings. The monoisotopic (exact) mass is 493 g/mol. The average Bonchev–Trinajstić information content (AvgIpc) is 3.09. The molecular weight excluding hydrogens is 471 g/mol. The summed E-state index contributed by atoms with van der Waals surface area (Å²) in [6, 6.07) is 1.30. The summed E-state index contributed by atoms with van der Waals surface area (Å²) in [5, 5.41) is 0. The van der Waals surface area contributed by atoms with Crippen LogP contribution in [0.3, 0.4) is 0 Å². The molecule has 1 saturated heterocycles. The first-order valence-electron chi connectivity index (χ1n) is 8.85. The van der Waals surface area contributed by atoms with Crippen LogP contribution in [-0.2, 0) is 9.53 Å². The van der Waals surface area contributed by atoms with Gasteiger partial charge >= 0.3 is 5.97 Å². The number of hydrogen-bond donors (Lipinski definition) is 0. The third-order valence-corrected chi connectivity index (χ3v) is 5.21. The van der Waals surface area contributed by atoms with Gasteiger partial charge in [0, 0.05) is 12.3 Å². The fraction of sp³-hybridized carbons (Fsp3) is 0.556.